The highest BCUT2D eigenvalue weighted by Gasteiger charge is 2.38. The first-order chi connectivity index (χ1) is 22.6. The van der Waals surface area contributed by atoms with E-state index < -0.39 is 17.7 Å². The van der Waals surface area contributed by atoms with Crippen LogP contribution >= 0.6 is 0 Å². The Morgan fingerprint density at radius 1 is 0.830 bits per heavy atom. The number of hydrogen-bond donors (Lipinski definition) is 1. The van der Waals surface area contributed by atoms with Gasteiger partial charge in [-0.3, -0.25) is 9.59 Å². The molecule has 6 rings (SSSR count). The third kappa shape index (κ3) is 7.77. The number of carbonyl (C=O) groups is 3. The van der Waals surface area contributed by atoms with Crippen molar-refractivity contribution in [1.29, 1.82) is 0 Å². The van der Waals surface area contributed by atoms with Crippen molar-refractivity contribution in [2.75, 3.05) is 51.6 Å². The van der Waals surface area contributed by atoms with E-state index in [1.807, 2.05) is 29.2 Å². The number of hydrogen-bond acceptors (Lipinski definition) is 4. The predicted molar refractivity (Wildman–Crippen MR) is 173 cm³/mol. The van der Waals surface area contributed by atoms with Crippen molar-refractivity contribution >= 4 is 23.5 Å². The fourth-order valence-electron chi connectivity index (χ4n) is 8.12. The number of para-hydroxylation sites is 1. The van der Waals surface area contributed by atoms with E-state index in [-0.39, 0.29) is 42.3 Å². The van der Waals surface area contributed by atoms with Gasteiger partial charge in [0.05, 0.1) is 11.5 Å². The Hall–Kier alpha value is -3.60. The van der Waals surface area contributed by atoms with E-state index in [9.17, 15) is 27.6 Å². The molecule has 2 aromatic carbocycles. The van der Waals surface area contributed by atoms with E-state index in [2.05, 4.69) is 17.3 Å². The molecule has 254 valence electrons. The SMILES string of the molecule is CN1CCC(C2CCN(C(=O)[C@@H](CC(=O)N3CCC(N4Cc5ccccc5NC4=O)CC3)Cc3ccccc3C(F)(F)F)CC2)CC1. The molecule has 47 heavy (non-hydrogen) atoms. The summed E-state index contributed by atoms with van der Waals surface area (Å²) in [6.45, 7) is 4.69. The molecule has 1 atom stereocenters. The van der Waals surface area contributed by atoms with Crippen LogP contribution in [0.4, 0.5) is 23.7 Å². The Kier molecular flexibility index (Phi) is 10.1. The molecule has 0 spiro atoms. The van der Waals surface area contributed by atoms with Crippen LogP contribution in [0.25, 0.3) is 0 Å². The number of urea groups is 1. The monoisotopic (exact) mass is 653 g/mol. The molecule has 3 fully saturated rings. The topological polar surface area (TPSA) is 76.2 Å². The predicted octanol–water partition coefficient (Wildman–Crippen LogP) is 5.87. The van der Waals surface area contributed by atoms with E-state index in [0.29, 0.717) is 57.4 Å². The first kappa shape index (κ1) is 33.3. The summed E-state index contributed by atoms with van der Waals surface area (Å²) in [5.41, 5.74) is 1.15. The Balaban J connectivity index is 1.11. The lowest BCUT2D eigenvalue weighted by Gasteiger charge is -2.41. The fourth-order valence-corrected chi connectivity index (χ4v) is 8.12. The molecule has 0 unspecified atom stereocenters. The van der Waals surface area contributed by atoms with Crippen LogP contribution in [0.3, 0.4) is 0 Å². The van der Waals surface area contributed by atoms with Crippen LogP contribution in [0, 0.1) is 17.8 Å². The van der Waals surface area contributed by atoms with Crippen molar-refractivity contribution in [3.63, 3.8) is 0 Å². The van der Waals surface area contributed by atoms with Crippen molar-refractivity contribution < 1.29 is 27.6 Å². The molecular formula is C36H46F3N5O3. The van der Waals surface area contributed by atoms with Gasteiger partial charge in [-0.15, -0.1) is 0 Å². The zero-order valence-electron chi connectivity index (χ0n) is 27.2. The lowest BCUT2D eigenvalue weighted by Crippen LogP contribution is -2.51. The molecule has 3 saturated heterocycles. The average Bonchev–Trinajstić information content (AvgIpc) is 3.07. The standard InChI is InChI=1S/C36H46F3N5O3/c1-41-16-10-25(11-17-41)26-12-18-43(19-13-26)34(46)29(22-27-6-2-4-8-31(27)36(37,38)39)23-33(45)42-20-14-30(15-21-42)44-24-28-7-3-5-9-32(28)40-35(44)47/h2-9,25-26,29-30H,10-24H2,1H3,(H,40,47)/t29-/m1/s1. The molecule has 2 aromatic rings. The normalized spacial score (nSPS) is 21.4. The van der Waals surface area contributed by atoms with Gasteiger partial charge in [-0.1, -0.05) is 36.4 Å². The van der Waals surface area contributed by atoms with E-state index in [4.69, 9.17) is 0 Å². The lowest BCUT2D eigenvalue weighted by atomic mass is 9.78. The summed E-state index contributed by atoms with van der Waals surface area (Å²) in [4.78, 5) is 48.2. The third-order valence-corrected chi connectivity index (χ3v) is 11.0. The zero-order valence-corrected chi connectivity index (χ0v) is 27.2. The molecular weight excluding hydrogens is 607 g/mol. The van der Waals surface area contributed by atoms with E-state index >= 15 is 0 Å². The van der Waals surface area contributed by atoms with Gasteiger partial charge in [0.25, 0.3) is 0 Å². The molecule has 0 bridgehead atoms. The van der Waals surface area contributed by atoms with Gasteiger partial charge in [0.2, 0.25) is 11.8 Å². The molecule has 4 amide bonds. The molecule has 4 heterocycles. The average molecular weight is 654 g/mol. The van der Waals surface area contributed by atoms with Crippen LogP contribution in [0.1, 0.15) is 61.6 Å². The Morgan fingerprint density at radius 3 is 2.11 bits per heavy atom. The van der Waals surface area contributed by atoms with Gasteiger partial charge in [0.1, 0.15) is 0 Å². The van der Waals surface area contributed by atoms with Crippen LogP contribution in [-0.2, 0) is 28.7 Å². The highest BCUT2D eigenvalue weighted by Crippen LogP contribution is 2.36. The molecule has 8 nitrogen and oxygen atoms in total. The highest BCUT2D eigenvalue weighted by atomic mass is 19.4. The first-order valence-corrected chi connectivity index (χ1v) is 17.1. The van der Waals surface area contributed by atoms with Crippen LogP contribution in [0.2, 0.25) is 0 Å². The molecule has 0 radical (unpaired) electrons. The number of anilines is 1. The highest BCUT2D eigenvalue weighted by molar-refractivity contribution is 5.92. The summed E-state index contributed by atoms with van der Waals surface area (Å²) in [5, 5.41) is 2.95. The van der Waals surface area contributed by atoms with E-state index in [1.54, 1.807) is 15.9 Å². The fraction of sp³-hybridized carbons (Fsp3) is 0.583. The second-order valence-corrected chi connectivity index (χ2v) is 13.9. The summed E-state index contributed by atoms with van der Waals surface area (Å²) in [7, 11) is 2.14. The van der Waals surface area contributed by atoms with Gasteiger partial charge in [-0.2, -0.15) is 13.2 Å². The molecule has 0 aromatic heterocycles. The van der Waals surface area contributed by atoms with Crippen LogP contribution in [-0.4, -0.2) is 89.8 Å². The van der Waals surface area contributed by atoms with Crippen molar-refractivity contribution in [3.05, 3.63) is 65.2 Å². The second-order valence-electron chi connectivity index (χ2n) is 13.9. The smallest absolute Gasteiger partial charge is 0.343 e. The maximum Gasteiger partial charge on any atom is 0.416 e. The van der Waals surface area contributed by atoms with Gasteiger partial charge in [-0.25, -0.2) is 4.79 Å². The summed E-state index contributed by atoms with van der Waals surface area (Å²) >= 11 is 0. The van der Waals surface area contributed by atoms with Crippen LogP contribution in [0.15, 0.2) is 48.5 Å². The number of rotatable bonds is 7. The minimum Gasteiger partial charge on any atom is -0.343 e. The molecule has 0 aliphatic carbocycles. The van der Waals surface area contributed by atoms with E-state index in [1.165, 1.54) is 12.1 Å². The van der Waals surface area contributed by atoms with Crippen LogP contribution in [0.5, 0.6) is 0 Å². The molecule has 11 heteroatoms. The quantitative estimate of drug-likeness (QED) is 0.406. The summed E-state index contributed by atoms with van der Waals surface area (Å²) < 4.78 is 41.8. The third-order valence-electron chi connectivity index (χ3n) is 11.0. The number of halogens is 3. The van der Waals surface area contributed by atoms with Crippen molar-refractivity contribution in [3.8, 4) is 0 Å². The number of fused-ring (bicyclic) bond motifs is 1. The zero-order chi connectivity index (χ0) is 33.1. The number of nitrogens with zero attached hydrogens (tertiary/aromatic N) is 4. The minimum atomic E-state index is -4.55. The van der Waals surface area contributed by atoms with Gasteiger partial charge < -0.3 is 24.9 Å². The van der Waals surface area contributed by atoms with Gasteiger partial charge in [0.15, 0.2) is 0 Å². The van der Waals surface area contributed by atoms with Crippen molar-refractivity contribution in [1.82, 2.24) is 19.6 Å². The number of alkyl halides is 3. The lowest BCUT2D eigenvalue weighted by molar-refractivity contribution is -0.144. The Labute approximate surface area is 275 Å². The summed E-state index contributed by atoms with van der Waals surface area (Å²) in [5.74, 6) is -0.131. The van der Waals surface area contributed by atoms with Crippen molar-refractivity contribution in [2.45, 2.75) is 70.1 Å². The number of benzene rings is 2. The molecule has 4 aliphatic rings. The first-order valence-electron chi connectivity index (χ1n) is 17.1. The largest absolute Gasteiger partial charge is 0.416 e. The van der Waals surface area contributed by atoms with Crippen molar-refractivity contribution in [2.24, 2.45) is 17.8 Å². The Bertz CT molecular complexity index is 1430. The number of carbonyl (C=O) groups excluding carboxylic acids is 3. The van der Waals surface area contributed by atoms with Gasteiger partial charge in [0, 0.05) is 50.9 Å². The Morgan fingerprint density at radius 2 is 1.43 bits per heavy atom. The molecule has 0 saturated carbocycles. The van der Waals surface area contributed by atoms with E-state index in [0.717, 1.165) is 56.1 Å². The number of likely N-dealkylation sites (tertiary alicyclic amines) is 3. The summed E-state index contributed by atoms with van der Waals surface area (Å²) in [6.07, 6.45) is 0.470. The molecule has 1 N–H and O–H groups in total. The second kappa shape index (κ2) is 14.3. The van der Waals surface area contributed by atoms with Gasteiger partial charge >= 0.3 is 12.2 Å². The van der Waals surface area contributed by atoms with Gasteiger partial charge in [-0.05, 0) is 100 Å². The maximum atomic E-state index is 14.0. The number of amides is 4. The molecule has 4 aliphatic heterocycles. The number of nitrogens with one attached hydrogen (secondary N) is 1. The summed E-state index contributed by atoms with van der Waals surface area (Å²) in [6, 6.07) is 12.9. The number of piperidine rings is 3. The van der Waals surface area contributed by atoms with Crippen LogP contribution < -0.4 is 5.32 Å². The maximum absolute atomic E-state index is 14.0. The minimum absolute atomic E-state index is 0.0330.